The average molecular weight is 370 g/mol. The summed E-state index contributed by atoms with van der Waals surface area (Å²) in [5.74, 6) is 0.331. The summed E-state index contributed by atoms with van der Waals surface area (Å²) in [5.41, 5.74) is 1.64. The highest BCUT2D eigenvalue weighted by atomic mass is 35.5. The number of aryl methyl sites for hydroxylation is 2. The van der Waals surface area contributed by atoms with Crippen molar-refractivity contribution in [3.8, 4) is 11.3 Å². The van der Waals surface area contributed by atoms with E-state index in [1.165, 1.54) is 10.5 Å². The van der Waals surface area contributed by atoms with E-state index in [0.717, 1.165) is 5.56 Å². The summed E-state index contributed by atoms with van der Waals surface area (Å²) >= 11 is 5.87. The van der Waals surface area contributed by atoms with E-state index in [4.69, 9.17) is 11.6 Å². The number of benzene rings is 1. The third kappa shape index (κ3) is 3.87. The lowest BCUT2D eigenvalue weighted by Crippen LogP contribution is -2.19. The minimum absolute atomic E-state index is 0.0774. The quantitative estimate of drug-likeness (QED) is 0.680. The zero-order valence-corrected chi connectivity index (χ0v) is 14.1. The SMILES string of the molecule is Cc1cc(=O)n2cc(-c3ccc(Cl)cc3)nc2n1CCCC(F)(F)F. The largest absolute Gasteiger partial charge is 0.389 e. The van der Waals surface area contributed by atoms with Crippen LogP contribution in [0.15, 0.2) is 41.3 Å². The molecule has 3 rings (SSSR count). The molecule has 0 spiro atoms. The fraction of sp³-hybridized carbons (Fsp3) is 0.294. The lowest BCUT2D eigenvalue weighted by atomic mass is 10.2. The highest BCUT2D eigenvalue weighted by Crippen LogP contribution is 2.23. The molecular weight excluding hydrogens is 355 g/mol. The molecule has 25 heavy (non-hydrogen) atoms. The molecular formula is C17H15ClF3N3O. The van der Waals surface area contributed by atoms with Gasteiger partial charge in [0.2, 0.25) is 5.78 Å². The number of nitrogens with zero attached hydrogens (tertiary/aromatic N) is 3. The molecule has 0 N–H and O–H groups in total. The van der Waals surface area contributed by atoms with E-state index in [9.17, 15) is 18.0 Å². The molecule has 2 aromatic heterocycles. The van der Waals surface area contributed by atoms with Crippen molar-refractivity contribution >= 4 is 17.4 Å². The first-order chi connectivity index (χ1) is 11.7. The lowest BCUT2D eigenvalue weighted by molar-refractivity contribution is -0.135. The van der Waals surface area contributed by atoms with Crippen molar-refractivity contribution in [3.63, 3.8) is 0 Å². The number of alkyl halides is 3. The third-order valence-corrected chi connectivity index (χ3v) is 4.16. The average Bonchev–Trinajstić information content (AvgIpc) is 2.96. The monoisotopic (exact) mass is 369 g/mol. The van der Waals surface area contributed by atoms with Crippen molar-refractivity contribution in [2.45, 2.75) is 32.5 Å². The molecule has 8 heteroatoms. The van der Waals surface area contributed by atoms with Crippen LogP contribution < -0.4 is 5.56 Å². The minimum atomic E-state index is -4.20. The molecule has 0 amide bonds. The molecule has 1 aromatic carbocycles. The van der Waals surface area contributed by atoms with Gasteiger partial charge in [0.25, 0.3) is 5.56 Å². The van der Waals surface area contributed by atoms with E-state index in [2.05, 4.69) is 4.98 Å². The maximum Gasteiger partial charge on any atom is 0.389 e. The van der Waals surface area contributed by atoms with Crippen molar-refractivity contribution in [3.05, 3.63) is 57.6 Å². The first-order valence-corrected chi connectivity index (χ1v) is 8.05. The Balaban J connectivity index is 2.02. The number of rotatable bonds is 4. The zero-order chi connectivity index (χ0) is 18.2. The maximum absolute atomic E-state index is 12.4. The summed E-state index contributed by atoms with van der Waals surface area (Å²) < 4.78 is 40.2. The van der Waals surface area contributed by atoms with Crippen LogP contribution in [0.3, 0.4) is 0 Å². The van der Waals surface area contributed by atoms with Crippen LogP contribution >= 0.6 is 11.6 Å². The van der Waals surface area contributed by atoms with E-state index in [1.54, 1.807) is 42.0 Å². The summed E-state index contributed by atoms with van der Waals surface area (Å²) in [5, 5.41) is 0.579. The summed E-state index contributed by atoms with van der Waals surface area (Å²) in [7, 11) is 0. The normalized spacial score (nSPS) is 12.0. The first kappa shape index (κ1) is 17.5. The maximum atomic E-state index is 12.4. The number of hydrogen-bond acceptors (Lipinski definition) is 2. The van der Waals surface area contributed by atoms with Gasteiger partial charge in [0.1, 0.15) is 0 Å². The van der Waals surface area contributed by atoms with Gasteiger partial charge in [0, 0.05) is 41.5 Å². The molecule has 0 bridgehead atoms. The van der Waals surface area contributed by atoms with E-state index >= 15 is 0 Å². The van der Waals surface area contributed by atoms with E-state index < -0.39 is 12.6 Å². The molecule has 2 heterocycles. The van der Waals surface area contributed by atoms with Crippen LogP contribution in [0.5, 0.6) is 0 Å². The van der Waals surface area contributed by atoms with Gasteiger partial charge >= 0.3 is 6.18 Å². The lowest BCUT2D eigenvalue weighted by Gasteiger charge is -2.12. The van der Waals surface area contributed by atoms with Gasteiger partial charge in [0.05, 0.1) is 5.69 Å². The molecule has 0 saturated heterocycles. The zero-order valence-electron chi connectivity index (χ0n) is 13.3. The number of hydrogen-bond donors (Lipinski definition) is 0. The van der Waals surface area contributed by atoms with Gasteiger partial charge in [-0.1, -0.05) is 23.7 Å². The Labute approximate surface area is 146 Å². The Bertz CT molecular complexity index is 958. The predicted octanol–water partition coefficient (Wildman–Crippen LogP) is 4.47. The predicted molar refractivity (Wildman–Crippen MR) is 89.9 cm³/mol. The first-order valence-electron chi connectivity index (χ1n) is 7.67. The number of imidazole rings is 1. The van der Waals surface area contributed by atoms with Crippen LogP contribution in [0.25, 0.3) is 17.0 Å². The summed E-state index contributed by atoms with van der Waals surface area (Å²) in [4.78, 5) is 16.6. The van der Waals surface area contributed by atoms with Gasteiger partial charge in [-0.2, -0.15) is 13.2 Å². The van der Waals surface area contributed by atoms with Gasteiger partial charge in [-0.15, -0.1) is 0 Å². The second kappa shape index (κ2) is 6.55. The van der Waals surface area contributed by atoms with Gasteiger partial charge in [-0.25, -0.2) is 4.98 Å². The second-order valence-electron chi connectivity index (χ2n) is 5.80. The van der Waals surface area contributed by atoms with Crippen molar-refractivity contribution in [2.24, 2.45) is 0 Å². The molecule has 0 unspecified atom stereocenters. The van der Waals surface area contributed by atoms with E-state index in [0.29, 0.717) is 22.2 Å². The van der Waals surface area contributed by atoms with Crippen molar-refractivity contribution in [1.29, 1.82) is 0 Å². The van der Waals surface area contributed by atoms with Crippen LogP contribution in [0.1, 0.15) is 18.5 Å². The Morgan fingerprint density at radius 1 is 1.20 bits per heavy atom. The fourth-order valence-electron chi connectivity index (χ4n) is 2.68. The van der Waals surface area contributed by atoms with Crippen LogP contribution in [0.4, 0.5) is 13.2 Å². The molecule has 3 aromatic rings. The Morgan fingerprint density at radius 3 is 2.52 bits per heavy atom. The number of fused-ring (bicyclic) bond motifs is 1. The standard InChI is InChI=1S/C17H15ClF3N3O/c1-11-9-15(25)24-10-14(12-3-5-13(18)6-4-12)22-16(24)23(11)8-2-7-17(19,20)21/h3-6,9-10H,2,7-8H2,1H3. The molecule has 0 aliphatic rings. The summed E-state index contributed by atoms with van der Waals surface area (Å²) in [6.45, 7) is 1.82. The van der Waals surface area contributed by atoms with Crippen molar-refractivity contribution in [1.82, 2.24) is 14.0 Å². The highest BCUT2D eigenvalue weighted by molar-refractivity contribution is 6.30. The molecule has 0 aliphatic carbocycles. The van der Waals surface area contributed by atoms with Crippen molar-refractivity contribution in [2.75, 3.05) is 0 Å². The van der Waals surface area contributed by atoms with Gasteiger partial charge in [0.15, 0.2) is 0 Å². The van der Waals surface area contributed by atoms with Crippen LogP contribution in [0.2, 0.25) is 5.02 Å². The third-order valence-electron chi connectivity index (χ3n) is 3.91. The van der Waals surface area contributed by atoms with Gasteiger partial charge < -0.3 is 4.57 Å². The molecule has 132 valence electrons. The highest BCUT2D eigenvalue weighted by Gasteiger charge is 2.26. The van der Waals surface area contributed by atoms with Crippen molar-refractivity contribution < 1.29 is 13.2 Å². The number of halogens is 4. The Kier molecular flexibility index (Phi) is 4.60. The molecule has 0 saturated carbocycles. The minimum Gasteiger partial charge on any atom is -0.315 e. The van der Waals surface area contributed by atoms with Crippen LogP contribution in [0, 0.1) is 6.92 Å². The Hall–Kier alpha value is -2.28. The van der Waals surface area contributed by atoms with Crippen LogP contribution in [-0.4, -0.2) is 20.1 Å². The fourth-order valence-corrected chi connectivity index (χ4v) is 2.81. The molecule has 0 aliphatic heterocycles. The van der Waals surface area contributed by atoms with E-state index in [-0.39, 0.29) is 18.5 Å². The van der Waals surface area contributed by atoms with Crippen LogP contribution in [-0.2, 0) is 6.54 Å². The summed E-state index contributed by atoms with van der Waals surface area (Å²) in [6.07, 6.45) is -3.57. The van der Waals surface area contributed by atoms with Gasteiger partial charge in [-0.05, 0) is 25.5 Å². The molecule has 4 nitrogen and oxygen atoms in total. The smallest absolute Gasteiger partial charge is 0.315 e. The van der Waals surface area contributed by atoms with E-state index in [1.807, 2.05) is 0 Å². The second-order valence-corrected chi connectivity index (χ2v) is 6.23. The Morgan fingerprint density at radius 2 is 1.88 bits per heavy atom. The summed E-state index contributed by atoms with van der Waals surface area (Å²) in [6, 6.07) is 8.36. The molecule has 0 radical (unpaired) electrons. The number of aromatic nitrogens is 3. The molecule has 0 atom stereocenters. The van der Waals surface area contributed by atoms with Gasteiger partial charge in [-0.3, -0.25) is 9.20 Å². The topological polar surface area (TPSA) is 39.3 Å². The molecule has 0 fully saturated rings.